The molecule has 1 aromatic carbocycles. The average Bonchev–Trinajstić information content (AvgIpc) is 3.26. The zero-order chi connectivity index (χ0) is 20.3. The zero-order valence-electron chi connectivity index (χ0n) is 15.3. The van der Waals surface area contributed by atoms with E-state index in [1.54, 1.807) is 13.0 Å². The Bertz CT molecular complexity index is 1020. The second kappa shape index (κ2) is 8.13. The molecule has 3 rings (SSSR count). The van der Waals surface area contributed by atoms with Crippen molar-refractivity contribution in [3.05, 3.63) is 52.0 Å². The van der Waals surface area contributed by atoms with Crippen molar-refractivity contribution in [3.8, 4) is 0 Å². The van der Waals surface area contributed by atoms with E-state index in [0.29, 0.717) is 0 Å². The number of nitrogens with one attached hydrogen (secondary N) is 2. The molecule has 0 bridgehead atoms. The fourth-order valence-corrected chi connectivity index (χ4v) is 3.75. The molecule has 0 aliphatic heterocycles. The minimum Gasteiger partial charge on any atom is -0.462 e. The van der Waals surface area contributed by atoms with Crippen molar-refractivity contribution in [1.29, 1.82) is 0 Å². The fourth-order valence-electron chi connectivity index (χ4n) is 2.75. The highest BCUT2D eigenvalue weighted by molar-refractivity contribution is 7.18. The summed E-state index contributed by atoms with van der Waals surface area (Å²) in [5.41, 5.74) is 7.27. The Morgan fingerprint density at radius 1 is 1.18 bits per heavy atom. The van der Waals surface area contributed by atoms with Crippen LogP contribution in [0.25, 0.3) is 10.9 Å². The standard InChI is InChI=1S/C19H19N3O5S/c1-3-26-19(25)14-11(15(17(23)21-2)28-16(14)20)9-27-18(24)13-8-10-6-4-5-7-12(10)22-13/h4-8,22H,3,9,20H2,1-2H3,(H,21,23). The number of para-hydroxylation sites is 1. The lowest BCUT2D eigenvalue weighted by atomic mass is 10.1. The number of nitrogen functional groups attached to an aromatic ring is 1. The van der Waals surface area contributed by atoms with Crippen LogP contribution in [0.4, 0.5) is 5.00 Å². The van der Waals surface area contributed by atoms with Crippen molar-refractivity contribution in [2.45, 2.75) is 13.5 Å². The minimum atomic E-state index is -0.664. The van der Waals surface area contributed by atoms with Crippen molar-refractivity contribution >= 4 is 45.1 Å². The van der Waals surface area contributed by atoms with Crippen LogP contribution in [-0.4, -0.2) is 36.5 Å². The van der Waals surface area contributed by atoms with Crippen LogP contribution in [0.5, 0.6) is 0 Å². The van der Waals surface area contributed by atoms with Crippen LogP contribution in [0.1, 0.15) is 43.0 Å². The lowest BCUT2D eigenvalue weighted by molar-refractivity contribution is 0.0445. The number of rotatable bonds is 6. The third-order valence-electron chi connectivity index (χ3n) is 4.04. The third-order valence-corrected chi connectivity index (χ3v) is 5.10. The predicted octanol–water partition coefficient (Wildman–Crippen LogP) is 2.70. The lowest BCUT2D eigenvalue weighted by Crippen LogP contribution is -2.20. The number of aromatic amines is 1. The molecule has 2 aromatic heterocycles. The number of H-pyrrole nitrogens is 1. The first-order chi connectivity index (χ1) is 13.5. The Hall–Kier alpha value is -3.33. The number of fused-ring (bicyclic) bond motifs is 1. The van der Waals surface area contributed by atoms with Gasteiger partial charge in [-0.15, -0.1) is 11.3 Å². The van der Waals surface area contributed by atoms with Gasteiger partial charge in [0.05, 0.1) is 6.61 Å². The van der Waals surface area contributed by atoms with Gasteiger partial charge < -0.3 is 25.5 Å². The summed E-state index contributed by atoms with van der Waals surface area (Å²) >= 11 is 0.945. The van der Waals surface area contributed by atoms with Crippen LogP contribution in [-0.2, 0) is 16.1 Å². The second-order valence-corrected chi connectivity index (χ2v) is 6.85. The number of thiophene rings is 1. The number of anilines is 1. The smallest absolute Gasteiger partial charge is 0.355 e. The second-order valence-electron chi connectivity index (χ2n) is 5.79. The summed E-state index contributed by atoms with van der Waals surface area (Å²) < 4.78 is 10.4. The van der Waals surface area contributed by atoms with Crippen molar-refractivity contribution in [3.63, 3.8) is 0 Å². The van der Waals surface area contributed by atoms with Gasteiger partial charge >= 0.3 is 11.9 Å². The minimum absolute atomic E-state index is 0.0508. The van der Waals surface area contributed by atoms with E-state index in [-0.39, 0.29) is 39.9 Å². The van der Waals surface area contributed by atoms with Gasteiger partial charge in [0, 0.05) is 23.5 Å². The Morgan fingerprint density at radius 2 is 1.93 bits per heavy atom. The van der Waals surface area contributed by atoms with E-state index in [0.717, 1.165) is 22.2 Å². The van der Waals surface area contributed by atoms with Gasteiger partial charge in [0.2, 0.25) is 0 Å². The van der Waals surface area contributed by atoms with Gasteiger partial charge in [-0.3, -0.25) is 4.79 Å². The zero-order valence-corrected chi connectivity index (χ0v) is 16.1. The topological polar surface area (TPSA) is 124 Å². The van der Waals surface area contributed by atoms with Crippen LogP contribution in [0.15, 0.2) is 30.3 Å². The van der Waals surface area contributed by atoms with Crippen molar-refractivity contribution in [1.82, 2.24) is 10.3 Å². The lowest BCUT2D eigenvalue weighted by Gasteiger charge is -2.08. The summed E-state index contributed by atoms with van der Waals surface area (Å²) in [5, 5.41) is 3.49. The van der Waals surface area contributed by atoms with E-state index >= 15 is 0 Å². The molecule has 3 aromatic rings. The Balaban J connectivity index is 1.88. The molecule has 9 heteroatoms. The van der Waals surface area contributed by atoms with Gasteiger partial charge in [-0.2, -0.15) is 0 Å². The molecule has 0 atom stereocenters. The Kier molecular flexibility index (Phi) is 5.65. The molecule has 0 saturated carbocycles. The molecule has 0 aliphatic rings. The molecule has 0 spiro atoms. The number of hydrogen-bond acceptors (Lipinski definition) is 7. The molecule has 0 aliphatic carbocycles. The number of nitrogens with two attached hydrogens (primary N) is 1. The highest BCUT2D eigenvalue weighted by atomic mass is 32.1. The molecule has 0 unspecified atom stereocenters. The van der Waals surface area contributed by atoms with Crippen molar-refractivity contribution in [2.24, 2.45) is 0 Å². The molecule has 28 heavy (non-hydrogen) atoms. The van der Waals surface area contributed by atoms with E-state index in [1.165, 1.54) is 7.05 Å². The SMILES string of the molecule is CCOC(=O)c1c(N)sc(C(=O)NC)c1COC(=O)c1cc2ccccc2[nH]1. The monoisotopic (exact) mass is 401 g/mol. The fraction of sp³-hybridized carbons (Fsp3) is 0.211. The number of carbonyl (C=O) groups excluding carboxylic acids is 3. The molecule has 1 amide bonds. The maximum Gasteiger partial charge on any atom is 0.355 e. The van der Waals surface area contributed by atoms with Crippen LogP contribution < -0.4 is 11.1 Å². The number of ether oxygens (including phenoxy) is 2. The van der Waals surface area contributed by atoms with E-state index in [1.807, 2.05) is 24.3 Å². The number of amides is 1. The molecule has 4 N–H and O–H groups in total. The molecular weight excluding hydrogens is 382 g/mol. The summed E-state index contributed by atoms with van der Waals surface area (Å²) in [4.78, 5) is 40.1. The summed E-state index contributed by atoms with van der Waals surface area (Å²) in [6, 6.07) is 9.09. The first kappa shape index (κ1) is 19.4. The van der Waals surface area contributed by atoms with Gasteiger partial charge in [-0.1, -0.05) is 18.2 Å². The molecule has 0 radical (unpaired) electrons. The summed E-state index contributed by atoms with van der Waals surface area (Å²) in [5.74, 6) is -1.70. The van der Waals surface area contributed by atoms with Gasteiger partial charge in [0.25, 0.3) is 5.91 Å². The maximum atomic E-state index is 12.5. The van der Waals surface area contributed by atoms with E-state index < -0.39 is 17.8 Å². The van der Waals surface area contributed by atoms with Gasteiger partial charge in [0.15, 0.2) is 0 Å². The quantitative estimate of drug-likeness (QED) is 0.546. The number of esters is 2. The highest BCUT2D eigenvalue weighted by Gasteiger charge is 2.27. The van der Waals surface area contributed by atoms with E-state index in [4.69, 9.17) is 15.2 Å². The molecule has 0 saturated heterocycles. The van der Waals surface area contributed by atoms with E-state index in [9.17, 15) is 14.4 Å². The first-order valence-corrected chi connectivity index (χ1v) is 9.33. The normalized spacial score (nSPS) is 10.6. The molecular formula is C19H19N3O5S. The largest absolute Gasteiger partial charge is 0.462 e. The number of benzene rings is 1. The van der Waals surface area contributed by atoms with Gasteiger partial charge in [0.1, 0.15) is 27.7 Å². The molecule has 2 heterocycles. The Morgan fingerprint density at radius 3 is 2.61 bits per heavy atom. The highest BCUT2D eigenvalue weighted by Crippen LogP contribution is 2.32. The van der Waals surface area contributed by atoms with Gasteiger partial charge in [-0.25, -0.2) is 9.59 Å². The van der Waals surface area contributed by atoms with Gasteiger partial charge in [-0.05, 0) is 19.1 Å². The third kappa shape index (κ3) is 3.70. The molecule has 146 valence electrons. The van der Waals surface area contributed by atoms with Crippen molar-refractivity contribution < 1.29 is 23.9 Å². The average molecular weight is 401 g/mol. The molecule has 8 nitrogen and oxygen atoms in total. The number of hydrogen-bond donors (Lipinski definition) is 3. The van der Waals surface area contributed by atoms with Crippen LogP contribution >= 0.6 is 11.3 Å². The maximum absolute atomic E-state index is 12.5. The number of aromatic nitrogens is 1. The summed E-state index contributed by atoms with van der Waals surface area (Å²) in [6.07, 6.45) is 0. The van der Waals surface area contributed by atoms with Crippen LogP contribution in [0.3, 0.4) is 0 Å². The predicted molar refractivity (Wildman–Crippen MR) is 105 cm³/mol. The molecule has 0 fully saturated rings. The summed E-state index contributed by atoms with van der Waals surface area (Å²) in [7, 11) is 1.46. The van der Waals surface area contributed by atoms with Crippen LogP contribution in [0.2, 0.25) is 0 Å². The summed E-state index contributed by atoms with van der Waals surface area (Å²) in [6.45, 7) is 1.52. The first-order valence-electron chi connectivity index (χ1n) is 8.51. The van der Waals surface area contributed by atoms with E-state index in [2.05, 4.69) is 10.3 Å². The number of carbonyl (C=O) groups is 3. The Labute approximate surface area is 164 Å². The van der Waals surface area contributed by atoms with Crippen LogP contribution in [0, 0.1) is 0 Å². The van der Waals surface area contributed by atoms with Crippen molar-refractivity contribution in [2.75, 3.05) is 19.4 Å².